The van der Waals surface area contributed by atoms with E-state index >= 15 is 0 Å². The maximum atomic E-state index is 5.85. The van der Waals surface area contributed by atoms with Crippen LogP contribution < -0.4 is 0 Å². The number of rotatable bonds is 2. The molecule has 0 bridgehead atoms. The highest BCUT2D eigenvalue weighted by molar-refractivity contribution is 6.20. The Morgan fingerprint density at radius 1 is 1.69 bits per heavy atom. The molecule has 1 aromatic heterocycles. The normalized spacial score (nSPS) is 24.9. The molecule has 1 saturated heterocycles. The van der Waals surface area contributed by atoms with Gasteiger partial charge in [0.25, 0.3) is 0 Å². The molecule has 1 aromatic rings. The van der Waals surface area contributed by atoms with E-state index in [1.54, 1.807) is 0 Å². The Kier molecular flexibility index (Phi) is 2.51. The van der Waals surface area contributed by atoms with Gasteiger partial charge in [0, 0.05) is 12.5 Å². The largest absolute Gasteiger partial charge is 0.381 e. The van der Waals surface area contributed by atoms with E-state index in [1.807, 2.05) is 6.92 Å². The first-order valence-corrected chi connectivity index (χ1v) is 4.85. The third-order valence-electron chi connectivity index (χ3n) is 2.19. The molecule has 13 heavy (non-hydrogen) atoms. The van der Waals surface area contributed by atoms with Crippen molar-refractivity contribution in [2.45, 2.75) is 24.6 Å². The lowest BCUT2D eigenvalue weighted by Crippen LogP contribution is -2.00. The number of ether oxygens (including phenoxy) is 1. The number of H-pyrrole nitrogens is 1. The van der Waals surface area contributed by atoms with E-state index in [0.29, 0.717) is 11.7 Å². The molecular weight excluding hydrogens is 190 g/mol. The third kappa shape index (κ3) is 1.84. The van der Waals surface area contributed by atoms with Gasteiger partial charge in [-0.25, -0.2) is 4.98 Å². The summed E-state index contributed by atoms with van der Waals surface area (Å²) in [7, 11) is 0. The molecule has 0 spiro atoms. The van der Waals surface area contributed by atoms with Gasteiger partial charge in [-0.1, -0.05) is 0 Å². The van der Waals surface area contributed by atoms with Gasteiger partial charge in [0.2, 0.25) is 0 Å². The molecule has 2 atom stereocenters. The second-order valence-corrected chi connectivity index (χ2v) is 3.91. The quantitative estimate of drug-likeness (QED) is 0.740. The maximum absolute atomic E-state index is 5.85. The van der Waals surface area contributed by atoms with Crippen molar-refractivity contribution < 1.29 is 4.74 Å². The smallest absolute Gasteiger partial charge is 0.168 e. The van der Waals surface area contributed by atoms with E-state index in [-0.39, 0.29) is 5.38 Å². The van der Waals surface area contributed by atoms with Gasteiger partial charge < -0.3 is 4.74 Å². The summed E-state index contributed by atoms with van der Waals surface area (Å²) in [6.45, 7) is 3.42. The van der Waals surface area contributed by atoms with E-state index in [9.17, 15) is 0 Å². The van der Waals surface area contributed by atoms with Crippen molar-refractivity contribution in [1.29, 1.82) is 0 Å². The van der Waals surface area contributed by atoms with Crippen LogP contribution in [0.25, 0.3) is 0 Å². The number of alkyl halides is 1. The average molecular weight is 202 g/mol. The van der Waals surface area contributed by atoms with Crippen molar-refractivity contribution in [3.63, 3.8) is 0 Å². The molecule has 1 aliphatic heterocycles. The second kappa shape index (κ2) is 3.64. The summed E-state index contributed by atoms with van der Waals surface area (Å²) in [6.07, 6.45) is 1.02. The van der Waals surface area contributed by atoms with Crippen LogP contribution in [0.1, 0.15) is 36.3 Å². The van der Waals surface area contributed by atoms with Gasteiger partial charge in [0.15, 0.2) is 5.82 Å². The lowest BCUT2D eigenvalue weighted by molar-refractivity contribution is 0.193. The van der Waals surface area contributed by atoms with Crippen molar-refractivity contribution in [1.82, 2.24) is 15.2 Å². The molecule has 5 heteroatoms. The highest BCUT2D eigenvalue weighted by Crippen LogP contribution is 2.23. The standard InChI is InChI=1S/C8H12ClN3O/c1-5(9)7-10-8(12-11-7)6-2-3-13-4-6/h5-6H,2-4H2,1H3,(H,10,11,12). The molecule has 0 radical (unpaired) electrons. The molecule has 4 nitrogen and oxygen atoms in total. The third-order valence-corrected chi connectivity index (χ3v) is 2.39. The highest BCUT2D eigenvalue weighted by Gasteiger charge is 2.21. The van der Waals surface area contributed by atoms with Gasteiger partial charge in [-0.15, -0.1) is 11.6 Å². The minimum absolute atomic E-state index is 0.132. The zero-order valence-corrected chi connectivity index (χ0v) is 8.21. The number of hydrogen-bond acceptors (Lipinski definition) is 3. The molecule has 1 fully saturated rings. The topological polar surface area (TPSA) is 50.8 Å². The molecule has 2 heterocycles. The molecule has 0 amide bonds. The van der Waals surface area contributed by atoms with Gasteiger partial charge in [-0.05, 0) is 13.3 Å². The number of hydrogen-bond donors (Lipinski definition) is 1. The van der Waals surface area contributed by atoms with Gasteiger partial charge in [-0.2, -0.15) is 5.10 Å². The van der Waals surface area contributed by atoms with E-state index in [4.69, 9.17) is 16.3 Å². The minimum Gasteiger partial charge on any atom is -0.381 e. The van der Waals surface area contributed by atoms with Crippen LogP contribution in [-0.4, -0.2) is 28.4 Å². The van der Waals surface area contributed by atoms with Crippen LogP contribution in [0.5, 0.6) is 0 Å². The number of nitrogens with zero attached hydrogens (tertiary/aromatic N) is 2. The molecular formula is C8H12ClN3O. The highest BCUT2D eigenvalue weighted by atomic mass is 35.5. The number of aromatic nitrogens is 3. The van der Waals surface area contributed by atoms with Crippen molar-refractivity contribution in [3.05, 3.63) is 11.6 Å². The zero-order chi connectivity index (χ0) is 9.26. The Morgan fingerprint density at radius 3 is 3.08 bits per heavy atom. The maximum Gasteiger partial charge on any atom is 0.168 e. The predicted octanol–water partition coefficient (Wildman–Crippen LogP) is 1.61. The summed E-state index contributed by atoms with van der Waals surface area (Å²) in [6, 6.07) is 0. The Labute approximate surface area is 81.6 Å². The van der Waals surface area contributed by atoms with Crippen LogP contribution in [-0.2, 0) is 4.74 Å². The lowest BCUT2D eigenvalue weighted by atomic mass is 10.1. The number of aromatic amines is 1. The summed E-state index contributed by atoms with van der Waals surface area (Å²) in [4.78, 5) is 4.31. The van der Waals surface area contributed by atoms with Gasteiger partial charge in [0.1, 0.15) is 5.82 Å². The first-order valence-electron chi connectivity index (χ1n) is 4.41. The monoisotopic (exact) mass is 201 g/mol. The van der Waals surface area contributed by atoms with E-state index in [2.05, 4.69) is 15.2 Å². The summed E-state index contributed by atoms with van der Waals surface area (Å²) in [5, 5.41) is 6.81. The molecule has 0 saturated carbocycles. The fourth-order valence-electron chi connectivity index (χ4n) is 1.40. The Balaban J connectivity index is 2.12. The molecule has 72 valence electrons. The van der Waals surface area contributed by atoms with E-state index < -0.39 is 0 Å². The first-order chi connectivity index (χ1) is 6.27. The summed E-state index contributed by atoms with van der Waals surface area (Å²) < 4.78 is 5.26. The minimum atomic E-state index is -0.132. The Morgan fingerprint density at radius 2 is 2.54 bits per heavy atom. The van der Waals surface area contributed by atoms with E-state index in [0.717, 1.165) is 25.5 Å². The predicted molar refractivity (Wildman–Crippen MR) is 48.8 cm³/mol. The summed E-state index contributed by atoms with van der Waals surface area (Å²) in [5.41, 5.74) is 0. The Hall–Kier alpha value is -0.610. The van der Waals surface area contributed by atoms with Crippen molar-refractivity contribution in [3.8, 4) is 0 Å². The molecule has 0 aromatic carbocycles. The summed E-state index contributed by atoms with van der Waals surface area (Å²) >= 11 is 5.85. The Bertz CT molecular complexity index is 281. The zero-order valence-electron chi connectivity index (χ0n) is 7.46. The van der Waals surface area contributed by atoms with Crippen LogP contribution >= 0.6 is 11.6 Å². The fourth-order valence-corrected chi connectivity index (χ4v) is 1.50. The van der Waals surface area contributed by atoms with Crippen LogP contribution in [0.15, 0.2) is 0 Å². The van der Waals surface area contributed by atoms with Gasteiger partial charge in [0.05, 0.1) is 12.0 Å². The van der Waals surface area contributed by atoms with Gasteiger partial charge >= 0.3 is 0 Å². The van der Waals surface area contributed by atoms with Crippen LogP contribution in [0.4, 0.5) is 0 Å². The SMILES string of the molecule is CC(Cl)c1n[nH]c(C2CCOC2)n1. The molecule has 2 unspecified atom stereocenters. The van der Waals surface area contributed by atoms with Gasteiger partial charge in [-0.3, -0.25) is 5.10 Å². The number of halogens is 1. The molecule has 2 rings (SSSR count). The average Bonchev–Trinajstić information content (AvgIpc) is 2.75. The number of nitrogens with one attached hydrogen (secondary N) is 1. The van der Waals surface area contributed by atoms with Crippen molar-refractivity contribution in [2.24, 2.45) is 0 Å². The van der Waals surface area contributed by atoms with Crippen molar-refractivity contribution >= 4 is 11.6 Å². The fraction of sp³-hybridized carbons (Fsp3) is 0.750. The molecule has 1 N–H and O–H groups in total. The first kappa shape index (κ1) is 8.97. The van der Waals surface area contributed by atoms with Crippen molar-refractivity contribution in [2.75, 3.05) is 13.2 Å². The lowest BCUT2D eigenvalue weighted by Gasteiger charge is -2.00. The molecule has 1 aliphatic rings. The second-order valence-electron chi connectivity index (χ2n) is 3.26. The van der Waals surface area contributed by atoms with Crippen LogP contribution in [0.3, 0.4) is 0 Å². The summed E-state index contributed by atoms with van der Waals surface area (Å²) in [5.74, 6) is 1.94. The van der Waals surface area contributed by atoms with E-state index in [1.165, 1.54) is 0 Å². The molecule has 0 aliphatic carbocycles. The van der Waals surface area contributed by atoms with Crippen LogP contribution in [0, 0.1) is 0 Å². The van der Waals surface area contributed by atoms with Crippen LogP contribution in [0.2, 0.25) is 0 Å².